The Hall–Kier alpha value is -1.06. The highest BCUT2D eigenvalue weighted by Gasteiger charge is 2.30. The van der Waals surface area contributed by atoms with Gasteiger partial charge in [-0.25, -0.2) is 0 Å². The number of hydrogen-bond donors (Lipinski definition) is 1. The zero-order valence-corrected chi connectivity index (χ0v) is 13.0. The summed E-state index contributed by atoms with van der Waals surface area (Å²) in [6.45, 7) is 9.16. The monoisotopic (exact) mass is 276 g/mol. The highest BCUT2D eigenvalue weighted by molar-refractivity contribution is 5.36. The molecule has 2 rings (SSSR count). The number of rotatable bonds is 5. The van der Waals surface area contributed by atoms with Gasteiger partial charge in [-0.05, 0) is 45.2 Å². The fraction of sp³-hybridized carbons (Fsp3) is 0.647. The van der Waals surface area contributed by atoms with Crippen LogP contribution in [0.5, 0.6) is 5.75 Å². The molecule has 0 bridgehead atoms. The molecule has 1 aliphatic rings. The van der Waals surface area contributed by atoms with Crippen molar-refractivity contribution in [2.45, 2.75) is 45.7 Å². The molecule has 1 saturated heterocycles. The lowest BCUT2D eigenvalue weighted by Gasteiger charge is -2.42. The van der Waals surface area contributed by atoms with Crippen molar-refractivity contribution in [1.82, 2.24) is 4.90 Å². The fourth-order valence-electron chi connectivity index (χ4n) is 3.37. The van der Waals surface area contributed by atoms with E-state index in [9.17, 15) is 0 Å². The van der Waals surface area contributed by atoms with E-state index >= 15 is 0 Å². The summed E-state index contributed by atoms with van der Waals surface area (Å²) in [5, 5.41) is 0. The second-order valence-corrected chi connectivity index (χ2v) is 5.94. The van der Waals surface area contributed by atoms with E-state index in [0.29, 0.717) is 19.2 Å². The van der Waals surface area contributed by atoms with E-state index in [2.05, 4.69) is 36.9 Å². The first-order chi connectivity index (χ1) is 9.67. The average Bonchev–Trinajstić information content (AvgIpc) is 2.44. The molecular formula is C17H28N2O. The Morgan fingerprint density at radius 1 is 1.35 bits per heavy atom. The van der Waals surface area contributed by atoms with E-state index < -0.39 is 0 Å². The molecule has 0 spiro atoms. The van der Waals surface area contributed by atoms with Gasteiger partial charge in [0.05, 0.1) is 12.6 Å². The molecule has 1 aromatic carbocycles. The first-order valence-electron chi connectivity index (χ1n) is 7.84. The van der Waals surface area contributed by atoms with Gasteiger partial charge in [0, 0.05) is 18.2 Å². The van der Waals surface area contributed by atoms with E-state index in [-0.39, 0.29) is 6.04 Å². The number of nitrogens with zero attached hydrogens (tertiary/aromatic N) is 1. The number of nitrogens with two attached hydrogens (primary N) is 1. The predicted molar refractivity (Wildman–Crippen MR) is 84.0 cm³/mol. The van der Waals surface area contributed by atoms with Crippen LogP contribution in [0.4, 0.5) is 0 Å². The van der Waals surface area contributed by atoms with Gasteiger partial charge in [0.1, 0.15) is 5.75 Å². The Morgan fingerprint density at radius 2 is 2.10 bits per heavy atom. The largest absolute Gasteiger partial charge is 0.494 e. The Balaban J connectivity index is 2.23. The molecule has 0 aromatic heterocycles. The molecule has 0 saturated carbocycles. The third-order valence-electron chi connectivity index (χ3n) is 4.39. The quantitative estimate of drug-likeness (QED) is 0.897. The van der Waals surface area contributed by atoms with Gasteiger partial charge in [-0.15, -0.1) is 0 Å². The summed E-state index contributed by atoms with van der Waals surface area (Å²) in [5.74, 6) is 1.80. The number of hydrogen-bond acceptors (Lipinski definition) is 3. The van der Waals surface area contributed by atoms with Crippen LogP contribution in [-0.4, -0.2) is 30.6 Å². The molecule has 1 aliphatic heterocycles. The van der Waals surface area contributed by atoms with E-state index in [1.807, 2.05) is 13.0 Å². The lowest BCUT2D eigenvalue weighted by Crippen LogP contribution is -2.45. The van der Waals surface area contributed by atoms with Crippen LogP contribution in [0.3, 0.4) is 0 Å². The Labute approximate surface area is 123 Å². The Bertz CT molecular complexity index is 421. The number of piperidine rings is 1. The Morgan fingerprint density at radius 3 is 2.75 bits per heavy atom. The van der Waals surface area contributed by atoms with Gasteiger partial charge >= 0.3 is 0 Å². The third kappa shape index (κ3) is 3.33. The van der Waals surface area contributed by atoms with Crippen LogP contribution in [-0.2, 0) is 0 Å². The number of para-hydroxylation sites is 1. The van der Waals surface area contributed by atoms with Crippen molar-refractivity contribution < 1.29 is 4.74 Å². The van der Waals surface area contributed by atoms with Crippen molar-refractivity contribution in [3.8, 4) is 5.75 Å². The standard InChI is InChI=1S/C17H28N2O/c1-4-20-17-8-6-5-7-15(17)16(12-18)19-10-9-13(2)11-14(19)3/h5-8,13-14,16H,4,9-12,18H2,1-3H3. The molecular weight excluding hydrogens is 248 g/mol. The normalized spacial score (nSPS) is 25.4. The maximum absolute atomic E-state index is 6.10. The molecule has 1 heterocycles. The topological polar surface area (TPSA) is 38.5 Å². The van der Waals surface area contributed by atoms with E-state index in [1.165, 1.54) is 18.4 Å². The molecule has 1 fully saturated rings. The molecule has 0 amide bonds. The first-order valence-corrected chi connectivity index (χ1v) is 7.84. The molecule has 0 radical (unpaired) electrons. The molecule has 2 N–H and O–H groups in total. The molecule has 3 unspecified atom stereocenters. The average molecular weight is 276 g/mol. The number of likely N-dealkylation sites (tertiary alicyclic amines) is 1. The van der Waals surface area contributed by atoms with Crippen LogP contribution < -0.4 is 10.5 Å². The molecule has 112 valence electrons. The van der Waals surface area contributed by atoms with Crippen molar-refractivity contribution in [3.05, 3.63) is 29.8 Å². The molecule has 0 aliphatic carbocycles. The van der Waals surface area contributed by atoms with Gasteiger partial charge in [-0.3, -0.25) is 4.90 Å². The van der Waals surface area contributed by atoms with Crippen LogP contribution in [0, 0.1) is 5.92 Å². The van der Waals surface area contributed by atoms with Crippen molar-refractivity contribution >= 4 is 0 Å². The lowest BCUT2D eigenvalue weighted by atomic mass is 9.90. The highest BCUT2D eigenvalue weighted by atomic mass is 16.5. The zero-order valence-electron chi connectivity index (χ0n) is 13.0. The smallest absolute Gasteiger partial charge is 0.124 e. The second kappa shape index (κ2) is 7.09. The van der Waals surface area contributed by atoms with Gasteiger partial charge in [0.25, 0.3) is 0 Å². The van der Waals surface area contributed by atoms with Crippen molar-refractivity contribution in [3.63, 3.8) is 0 Å². The zero-order chi connectivity index (χ0) is 14.5. The summed E-state index contributed by atoms with van der Waals surface area (Å²) in [6, 6.07) is 9.18. The van der Waals surface area contributed by atoms with E-state index in [1.54, 1.807) is 0 Å². The predicted octanol–water partition coefficient (Wildman–Crippen LogP) is 3.21. The first kappa shape index (κ1) is 15.3. The third-order valence-corrected chi connectivity index (χ3v) is 4.39. The van der Waals surface area contributed by atoms with Crippen molar-refractivity contribution in [2.24, 2.45) is 11.7 Å². The fourth-order valence-corrected chi connectivity index (χ4v) is 3.37. The highest BCUT2D eigenvalue weighted by Crippen LogP contribution is 2.34. The maximum Gasteiger partial charge on any atom is 0.124 e. The summed E-state index contributed by atoms with van der Waals surface area (Å²) in [4.78, 5) is 2.55. The van der Waals surface area contributed by atoms with E-state index in [4.69, 9.17) is 10.5 Å². The SMILES string of the molecule is CCOc1ccccc1C(CN)N1CCC(C)CC1C. The number of ether oxygens (including phenoxy) is 1. The Kier molecular flexibility index (Phi) is 5.44. The van der Waals surface area contributed by atoms with Gasteiger partial charge in [0.2, 0.25) is 0 Å². The number of benzene rings is 1. The molecule has 1 aromatic rings. The lowest BCUT2D eigenvalue weighted by molar-refractivity contribution is 0.0832. The maximum atomic E-state index is 6.10. The minimum Gasteiger partial charge on any atom is -0.494 e. The van der Waals surface area contributed by atoms with Gasteiger partial charge < -0.3 is 10.5 Å². The van der Waals surface area contributed by atoms with Crippen LogP contribution in [0.15, 0.2) is 24.3 Å². The van der Waals surface area contributed by atoms with Crippen LogP contribution in [0.25, 0.3) is 0 Å². The summed E-state index contributed by atoms with van der Waals surface area (Å²) >= 11 is 0. The van der Waals surface area contributed by atoms with Gasteiger partial charge in [-0.1, -0.05) is 25.1 Å². The second-order valence-electron chi connectivity index (χ2n) is 5.94. The van der Waals surface area contributed by atoms with Crippen LogP contribution in [0.1, 0.15) is 45.2 Å². The minimum atomic E-state index is 0.264. The van der Waals surface area contributed by atoms with E-state index in [0.717, 1.165) is 18.2 Å². The van der Waals surface area contributed by atoms with Crippen molar-refractivity contribution in [2.75, 3.05) is 19.7 Å². The summed E-state index contributed by atoms with van der Waals surface area (Å²) < 4.78 is 5.78. The van der Waals surface area contributed by atoms with Crippen molar-refractivity contribution in [1.29, 1.82) is 0 Å². The summed E-state index contributed by atoms with van der Waals surface area (Å²) in [7, 11) is 0. The van der Waals surface area contributed by atoms with Gasteiger partial charge in [0.15, 0.2) is 0 Å². The van der Waals surface area contributed by atoms with Crippen LogP contribution >= 0.6 is 0 Å². The minimum absolute atomic E-state index is 0.264. The molecule has 20 heavy (non-hydrogen) atoms. The molecule has 3 heteroatoms. The van der Waals surface area contributed by atoms with Gasteiger partial charge in [-0.2, -0.15) is 0 Å². The van der Waals surface area contributed by atoms with Crippen LogP contribution in [0.2, 0.25) is 0 Å². The molecule has 3 atom stereocenters. The molecule has 3 nitrogen and oxygen atoms in total. The summed E-state index contributed by atoms with van der Waals surface area (Å²) in [5.41, 5.74) is 7.33. The summed E-state index contributed by atoms with van der Waals surface area (Å²) in [6.07, 6.45) is 2.52.